The summed E-state index contributed by atoms with van der Waals surface area (Å²) in [5, 5.41) is 12.7. The molecule has 6 atom stereocenters. The number of aliphatic carboxylic acids is 1. The molecular formula is C29H38N4O4. The average Bonchev–Trinajstić information content (AvgIpc) is 3.03. The third-order valence-electron chi connectivity index (χ3n) is 9.43. The molecule has 2 unspecified atom stereocenters. The van der Waals surface area contributed by atoms with E-state index >= 15 is 0 Å². The third-order valence-corrected chi connectivity index (χ3v) is 9.43. The first-order chi connectivity index (χ1) is 18.0. The van der Waals surface area contributed by atoms with E-state index in [-0.39, 0.29) is 17.3 Å². The standard InChI is InChI=1S/C29H38N4O4/c1-18(31-37-17-27(34)35)28-29(36)33(26-9-5-4-8-25(26)30-28)24-15-21-10-11-22(16-24)32(21)23-13-19-6-2-3-7-20(12-19)14-23/h4-5,8-9,19-24H,2-3,6-7,10-17H2,1H3,(H,34,35)/b31-18+/t19-,20+,21-,22+,23?,24?. The van der Waals surface area contributed by atoms with Crippen LogP contribution >= 0.6 is 0 Å². The molecule has 6 rings (SSSR count). The van der Waals surface area contributed by atoms with E-state index in [1.807, 2.05) is 28.8 Å². The molecule has 1 aromatic heterocycles. The molecule has 0 spiro atoms. The molecule has 8 heteroatoms. The predicted octanol–water partition coefficient (Wildman–Crippen LogP) is 4.75. The fourth-order valence-electron chi connectivity index (χ4n) is 8.08. The van der Waals surface area contributed by atoms with Crippen LogP contribution in [0.2, 0.25) is 0 Å². The van der Waals surface area contributed by atoms with Gasteiger partial charge in [-0.2, -0.15) is 0 Å². The Kier molecular flexibility index (Phi) is 6.78. The molecule has 2 aromatic rings. The van der Waals surface area contributed by atoms with Gasteiger partial charge in [-0.3, -0.25) is 9.69 Å². The highest BCUT2D eigenvalue weighted by molar-refractivity contribution is 5.97. The van der Waals surface area contributed by atoms with Crippen molar-refractivity contribution in [2.24, 2.45) is 17.0 Å². The van der Waals surface area contributed by atoms with E-state index in [0.29, 0.717) is 23.8 Å². The number of rotatable bonds is 6. The Morgan fingerprint density at radius 3 is 2.32 bits per heavy atom. The first-order valence-corrected chi connectivity index (χ1v) is 14.2. The number of nitrogens with zero attached hydrogens (tertiary/aromatic N) is 4. The van der Waals surface area contributed by atoms with Gasteiger partial charge in [0, 0.05) is 24.2 Å². The van der Waals surface area contributed by atoms with Crippen molar-refractivity contribution in [1.82, 2.24) is 14.5 Å². The number of aromatic nitrogens is 2. The van der Waals surface area contributed by atoms with E-state index in [1.165, 1.54) is 57.8 Å². The number of fused-ring (bicyclic) bond motifs is 5. The fraction of sp³-hybridized carbons (Fsp3) is 0.655. The minimum Gasteiger partial charge on any atom is -0.479 e. The summed E-state index contributed by atoms with van der Waals surface area (Å²) in [6.45, 7) is 1.10. The van der Waals surface area contributed by atoms with Crippen molar-refractivity contribution in [2.75, 3.05) is 6.61 Å². The van der Waals surface area contributed by atoms with Gasteiger partial charge in [0.1, 0.15) is 5.71 Å². The second-order valence-electron chi connectivity index (χ2n) is 11.8. The van der Waals surface area contributed by atoms with Crippen molar-refractivity contribution in [3.63, 3.8) is 0 Å². The summed E-state index contributed by atoms with van der Waals surface area (Å²) in [5.41, 5.74) is 1.97. The normalized spacial score (nSPS) is 32.3. The van der Waals surface area contributed by atoms with Crippen molar-refractivity contribution in [1.29, 1.82) is 0 Å². The monoisotopic (exact) mass is 506 g/mol. The summed E-state index contributed by atoms with van der Waals surface area (Å²) in [6, 6.07) is 9.69. The maximum absolute atomic E-state index is 13.8. The van der Waals surface area contributed by atoms with E-state index in [2.05, 4.69) is 15.0 Å². The van der Waals surface area contributed by atoms with Crippen molar-refractivity contribution in [2.45, 2.75) is 102 Å². The van der Waals surface area contributed by atoms with Crippen LogP contribution in [0.15, 0.2) is 34.2 Å². The highest BCUT2D eigenvalue weighted by atomic mass is 16.6. The van der Waals surface area contributed by atoms with E-state index < -0.39 is 12.6 Å². The number of para-hydroxylation sites is 2. The molecule has 0 radical (unpaired) electrons. The second-order valence-corrected chi connectivity index (χ2v) is 11.8. The van der Waals surface area contributed by atoms with Gasteiger partial charge < -0.3 is 14.5 Å². The summed E-state index contributed by atoms with van der Waals surface area (Å²) in [4.78, 5) is 37.1. The van der Waals surface area contributed by atoms with Gasteiger partial charge in [0.2, 0.25) is 6.61 Å². The van der Waals surface area contributed by atoms with Gasteiger partial charge in [-0.05, 0) is 75.8 Å². The largest absolute Gasteiger partial charge is 0.479 e. The average molecular weight is 507 g/mol. The first kappa shape index (κ1) is 24.6. The van der Waals surface area contributed by atoms with Gasteiger partial charge in [0.25, 0.3) is 5.56 Å². The van der Waals surface area contributed by atoms with Crippen LogP contribution in [0.4, 0.5) is 0 Å². The van der Waals surface area contributed by atoms with Crippen LogP contribution in [0.5, 0.6) is 0 Å². The lowest BCUT2D eigenvalue weighted by molar-refractivity contribution is -0.142. The third kappa shape index (κ3) is 4.80. The lowest BCUT2D eigenvalue weighted by Gasteiger charge is -2.48. The zero-order valence-electron chi connectivity index (χ0n) is 21.7. The number of carbonyl (C=O) groups is 1. The van der Waals surface area contributed by atoms with Gasteiger partial charge >= 0.3 is 5.97 Å². The molecule has 1 N–H and O–H groups in total. The second kappa shape index (κ2) is 10.2. The van der Waals surface area contributed by atoms with E-state index in [9.17, 15) is 9.59 Å². The molecule has 2 aliphatic carbocycles. The molecular weight excluding hydrogens is 468 g/mol. The summed E-state index contributed by atoms with van der Waals surface area (Å²) in [7, 11) is 0. The number of hydrogen-bond donors (Lipinski definition) is 1. The van der Waals surface area contributed by atoms with Gasteiger partial charge in [0.05, 0.1) is 11.0 Å². The van der Waals surface area contributed by atoms with Crippen LogP contribution in [-0.2, 0) is 9.63 Å². The van der Waals surface area contributed by atoms with Crippen LogP contribution in [0, 0.1) is 11.8 Å². The number of piperidine rings is 1. The summed E-state index contributed by atoms with van der Waals surface area (Å²) in [5.74, 6) is 0.700. The van der Waals surface area contributed by atoms with Crippen LogP contribution in [0.3, 0.4) is 0 Å². The maximum atomic E-state index is 13.8. The molecule has 2 saturated carbocycles. The maximum Gasteiger partial charge on any atom is 0.344 e. The van der Waals surface area contributed by atoms with Gasteiger partial charge in [-0.1, -0.05) is 43.0 Å². The minimum atomic E-state index is -1.11. The van der Waals surface area contributed by atoms with Gasteiger partial charge in [0.15, 0.2) is 5.69 Å². The Labute approximate surface area is 217 Å². The number of carboxylic acids is 1. The Bertz CT molecular complexity index is 1230. The zero-order valence-corrected chi connectivity index (χ0v) is 21.7. The summed E-state index contributed by atoms with van der Waals surface area (Å²) >= 11 is 0. The molecule has 0 amide bonds. The number of benzene rings is 1. The fourth-order valence-corrected chi connectivity index (χ4v) is 8.08. The van der Waals surface area contributed by atoms with Gasteiger partial charge in [-0.25, -0.2) is 9.78 Å². The Hall–Kier alpha value is -2.74. The molecule has 4 fully saturated rings. The highest BCUT2D eigenvalue weighted by Crippen LogP contribution is 2.47. The van der Waals surface area contributed by atoms with E-state index in [1.54, 1.807) is 6.92 Å². The lowest BCUT2D eigenvalue weighted by atomic mass is 9.76. The Morgan fingerprint density at radius 1 is 0.973 bits per heavy atom. The molecule has 3 heterocycles. The quantitative estimate of drug-likeness (QED) is 0.449. The number of carboxylic acid groups (broad SMARTS) is 1. The molecule has 4 aliphatic rings. The highest BCUT2D eigenvalue weighted by Gasteiger charge is 2.47. The smallest absolute Gasteiger partial charge is 0.344 e. The molecule has 198 valence electrons. The predicted molar refractivity (Wildman–Crippen MR) is 142 cm³/mol. The summed E-state index contributed by atoms with van der Waals surface area (Å²) in [6.07, 6.45) is 14.2. The van der Waals surface area contributed by atoms with Crippen molar-refractivity contribution in [3.8, 4) is 0 Å². The van der Waals surface area contributed by atoms with Gasteiger partial charge in [-0.15, -0.1) is 0 Å². The van der Waals surface area contributed by atoms with Crippen molar-refractivity contribution < 1.29 is 14.7 Å². The zero-order chi connectivity index (χ0) is 25.5. The number of oxime groups is 1. The van der Waals surface area contributed by atoms with Crippen molar-refractivity contribution in [3.05, 3.63) is 40.3 Å². The van der Waals surface area contributed by atoms with E-state index in [4.69, 9.17) is 9.94 Å². The van der Waals surface area contributed by atoms with E-state index in [0.717, 1.165) is 35.7 Å². The van der Waals surface area contributed by atoms with Crippen LogP contribution in [0.1, 0.15) is 89.3 Å². The van der Waals surface area contributed by atoms with Crippen molar-refractivity contribution >= 4 is 22.7 Å². The summed E-state index contributed by atoms with van der Waals surface area (Å²) < 4.78 is 1.96. The minimum absolute atomic E-state index is 0.117. The molecule has 2 saturated heterocycles. The molecule has 1 aromatic carbocycles. The topological polar surface area (TPSA) is 97.0 Å². The lowest BCUT2D eigenvalue weighted by Crippen LogP contribution is -2.52. The molecule has 37 heavy (non-hydrogen) atoms. The first-order valence-electron chi connectivity index (χ1n) is 14.2. The van der Waals surface area contributed by atoms with Crippen LogP contribution < -0.4 is 5.56 Å². The molecule has 4 bridgehead atoms. The SMILES string of the molecule is C/C(=N\OCC(=O)O)c1nc2ccccc2n(C2C[C@H]3CC[C@@H](C2)N3C2C[C@H]3CCCC[C@@H](C2)C3)c1=O. The Balaban J connectivity index is 1.29. The van der Waals surface area contributed by atoms with Crippen LogP contribution in [-0.4, -0.2) is 56.0 Å². The molecule has 2 aliphatic heterocycles. The number of hydrogen-bond acceptors (Lipinski definition) is 6. The Morgan fingerprint density at radius 2 is 1.65 bits per heavy atom. The molecule has 8 nitrogen and oxygen atoms in total. The van der Waals surface area contributed by atoms with Crippen LogP contribution in [0.25, 0.3) is 11.0 Å².